The molecule has 0 saturated carbocycles. The third-order valence-corrected chi connectivity index (χ3v) is 13.8. The predicted molar refractivity (Wildman–Crippen MR) is 238 cm³/mol. The van der Waals surface area contributed by atoms with Crippen LogP contribution in [0.25, 0.3) is 38.5 Å². The van der Waals surface area contributed by atoms with Crippen LogP contribution in [0.5, 0.6) is 0 Å². The van der Waals surface area contributed by atoms with Crippen LogP contribution in [0.2, 0.25) is 0 Å². The zero-order valence-corrected chi connectivity index (χ0v) is 34.1. The normalized spacial score (nSPS) is 17.3. The number of para-hydroxylation sites is 3. The molecule has 2 aliphatic heterocycles. The van der Waals surface area contributed by atoms with Crippen LogP contribution in [-0.4, -0.2) is 11.3 Å². The van der Waals surface area contributed by atoms with Crippen LogP contribution < -0.4 is 21.5 Å². The van der Waals surface area contributed by atoms with Gasteiger partial charge in [0.25, 0.3) is 6.71 Å². The van der Waals surface area contributed by atoms with Crippen molar-refractivity contribution in [2.45, 2.75) is 90.4 Å². The van der Waals surface area contributed by atoms with Gasteiger partial charge in [0.05, 0.1) is 22.4 Å². The van der Waals surface area contributed by atoms with Gasteiger partial charge in [-0.3, -0.25) is 0 Å². The number of fused-ring (bicyclic) bond motifs is 10. The molecule has 0 amide bonds. The van der Waals surface area contributed by atoms with Crippen molar-refractivity contribution in [1.82, 2.24) is 4.57 Å². The van der Waals surface area contributed by atoms with Crippen LogP contribution in [0.15, 0.2) is 126 Å². The Labute approximate surface area is 331 Å². The summed E-state index contributed by atoms with van der Waals surface area (Å²) >= 11 is 0. The predicted octanol–water partition coefficient (Wildman–Crippen LogP) is 11.7. The van der Waals surface area contributed by atoms with Crippen LogP contribution in [-0.2, 0) is 21.7 Å². The molecule has 276 valence electrons. The van der Waals surface area contributed by atoms with Crippen molar-refractivity contribution >= 4 is 73.1 Å². The number of furan rings is 1. The van der Waals surface area contributed by atoms with Gasteiger partial charge in [0.2, 0.25) is 0 Å². The van der Waals surface area contributed by atoms with Gasteiger partial charge in [-0.2, -0.15) is 0 Å². The standard InChI is InChI=1S/C52H49BN2O/c1-49(2,3)31-23-24-45-36(25-31)47-48(56-45)53-41-29-38-37(50(4,5)30-51(38,6)7)28-39(41)52(8,9)40-26-33(27-44(46(40)53)55(47)32-17-11-10-12-18-32)54-42-21-15-13-19-34(42)35-20-14-16-22-43(35)54/h10-29H,30H2,1-9H3. The third-order valence-electron chi connectivity index (χ3n) is 13.8. The number of rotatable bonds is 2. The van der Waals surface area contributed by atoms with E-state index in [0.717, 1.165) is 29.0 Å². The second-order valence-corrected chi connectivity index (χ2v) is 19.7. The van der Waals surface area contributed by atoms with E-state index in [-0.39, 0.29) is 28.4 Å². The largest absolute Gasteiger partial charge is 0.468 e. The molecule has 0 bridgehead atoms. The first kappa shape index (κ1) is 33.8. The van der Waals surface area contributed by atoms with Crippen molar-refractivity contribution in [2.24, 2.45) is 0 Å². The van der Waals surface area contributed by atoms with Gasteiger partial charge in [-0.1, -0.05) is 141 Å². The Balaban J connectivity index is 1.31. The number of benzene rings is 6. The number of aromatic nitrogens is 1. The summed E-state index contributed by atoms with van der Waals surface area (Å²) in [5, 5.41) is 3.71. The molecule has 0 spiro atoms. The van der Waals surface area contributed by atoms with Crippen LogP contribution in [0.3, 0.4) is 0 Å². The van der Waals surface area contributed by atoms with E-state index in [4.69, 9.17) is 4.42 Å². The molecule has 0 atom stereocenters. The molecule has 8 aromatic rings. The van der Waals surface area contributed by atoms with Gasteiger partial charge in [0, 0.05) is 38.6 Å². The van der Waals surface area contributed by atoms with Crippen molar-refractivity contribution in [3.05, 3.63) is 149 Å². The maximum Gasteiger partial charge on any atom is 0.293 e. The maximum absolute atomic E-state index is 7.27. The Hall–Kier alpha value is -5.48. The zero-order chi connectivity index (χ0) is 38.7. The van der Waals surface area contributed by atoms with Crippen LogP contribution in [0.4, 0.5) is 17.1 Å². The van der Waals surface area contributed by atoms with Gasteiger partial charge in [-0.15, -0.1) is 0 Å². The summed E-state index contributed by atoms with van der Waals surface area (Å²) in [6.45, 7) is 21.5. The summed E-state index contributed by atoms with van der Waals surface area (Å²) < 4.78 is 9.77. The smallest absolute Gasteiger partial charge is 0.293 e. The molecule has 11 rings (SSSR count). The van der Waals surface area contributed by atoms with Gasteiger partial charge in [-0.05, 0) is 104 Å². The minimum Gasteiger partial charge on any atom is -0.468 e. The second kappa shape index (κ2) is 10.9. The van der Waals surface area contributed by atoms with Crippen molar-refractivity contribution in [2.75, 3.05) is 4.90 Å². The van der Waals surface area contributed by atoms with E-state index in [9.17, 15) is 0 Å². The summed E-state index contributed by atoms with van der Waals surface area (Å²) in [7, 11) is 0. The number of nitrogens with zero attached hydrogens (tertiary/aromatic N) is 2. The minimum absolute atomic E-state index is 0.0141. The maximum atomic E-state index is 7.27. The van der Waals surface area contributed by atoms with Crippen molar-refractivity contribution < 1.29 is 4.42 Å². The van der Waals surface area contributed by atoms with E-state index >= 15 is 0 Å². The first-order valence-corrected chi connectivity index (χ1v) is 20.4. The fraction of sp³-hybridized carbons (Fsp3) is 0.269. The van der Waals surface area contributed by atoms with E-state index in [1.165, 1.54) is 77.3 Å². The molecule has 1 aliphatic carbocycles. The Morgan fingerprint density at radius 1 is 0.589 bits per heavy atom. The Bertz CT molecular complexity index is 2920. The molecule has 3 aliphatic rings. The van der Waals surface area contributed by atoms with Crippen molar-refractivity contribution in [1.29, 1.82) is 0 Å². The van der Waals surface area contributed by atoms with Crippen LogP contribution >= 0.6 is 0 Å². The Morgan fingerprint density at radius 2 is 1.21 bits per heavy atom. The number of hydrogen-bond acceptors (Lipinski definition) is 2. The zero-order valence-electron chi connectivity index (χ0n) is 34.1. The SMILES string of the molecule is CC(C)(C)c1ccc2oc3c(c2c1)N(c1ccccc1)c1cc(-n2c4ccccc4c4ccccc42)cc2c1B3c1cc3c(cc1C2(C)C)C(C)(C)CC3(C)C. The summed E-state index contributed by atoms with van der Waals surface area (Å²) in [6.07, 6.45) is 1.13. The van der Waals surface area contributed by atoms with Gasteiger partial charge in [0.1, 0.15) is 5.58 Å². The Morgan fingerprint density at radius 3 is 1.88 bits per heavy atom. The summed E-state index contributed by atoms with van der Waals surface area (Å²) in [4.78, 5) is 2.53. The van der Waals surface area contributed by atoms with E-state index in [1.807, 2.05) is 0 Å². The molecule has 56 heavy (non-hydrogen) atoms. The highest BCUT2D eigenvalue weighted by Gasteiger charge is 2.52. The fourth-order valence-corrected chi connectivity index (χ4v) is 11.3. The van der Waals surface area contributed by atoms with E-state index in [0.29, 0.717) is 0 Å². The summed E-state index contributed by atoms with van der Waals surface area (Å²) in [5.41, 5.74) is 18.8. The number of anilines is 3. The third kappa shape index (κ3) is 4.42. The van der Waals surface area contributed by atoms with Gasteiger partial charge in [-0.25, -0.2) is 0 Å². The molecular weight excluding hydrogens is 679 g/mol. The highest BCUT2D eigenvalue weighted by Crippen LogP contribution is 2.52. The first-order valence-electron chi connectivity index (χ1n) is 20.4. The lowest BCUT2D eigenvalue weighted by Gasteiger charge is -2.44. The molecule has 6 aromatic carbocycles. The molecule has 0 radical (unpaired) electrons. The molecule has 2 aromatic heterocycles. The number of hydrogen-bond donors (Lipinski definition) is 0. The van der Waals surface area contributed by atoms with Crippen LogP contribution in [0.1, 0.15) is 96.6 Å². The molecule has 4 heterocycles. The van der Waals surface area contributed by atoms with Gasteiger partial charge >= 0.3 is 0 Å². The monoisotopic (exact) mass is 728 g/mol. The lowest BCUT2D eigenvalue weighted by atomic mass is 9.31. The van der Waals surface area contributed by atoms with Crippen molar-refractivity contribution in [3.63, 3.8) is 0 Å². The molecular formula is C52H49BN2O. The van der Waals surface area contributed by atoms with E-state index in [1.54, 1.807) is 0 Å². The topological polar surface area (TPSA) is 21.3 Å². The van der Waals surface area contributed by atoms with E-state index in [2.05, 4.69) is 193 Å². The fourth-order valence-electron chi connectivity index (χ4n) is 11.3. The molecule has 0 saturated heterocycles. The lowest BCUT2D eigenvalue weighted by Crippen LogP contribution is -2.64. The average molecular weight is 729 g/mol. The molecule has 0 fully saturated rings. The van der Waals surface area contributed by atoms with Crippen molar-refractivity contribution in [3.8, 4) is 5.69 Å². The molecule has 4 heteroatoms. The molecule has 0 unspecified atom stereocenters. The highest BCUT2D eigenvalue weighted by molar-refractivity contribution is 6.98. The lowest BCUT2D eigenvalue weighted by molar-refractivity contribution is 0.403. The van der Waals surface area contributed by atoms with Crippen LogP contribution in [0, 0.1) is 0 Å². The second-order valence-electron chi connectivity index (χ2n) is 19.7. The molecule has 3 nitrogen and oxygen atoms in total. The quantitative estimate of drug-likeness (QED) is 0.165. The highest BCUT2D eigenvalue weighted by atomic mass is 16.3. The van der Waals surface area contributed by atoms with Gasteiger partial charge < -0.3 is 13.9 Å². The average Bonchev–Trinajstić information content (AvgIpc) is 3.76. The summed E-state index contributed by atoms with van der Waals surface area (Å²) in [6, 6.07) is 45.8. The van der Waals surface area contributed by atoms with Gasteiger partial charge in [0.15, 0.2) is 0 Å². The molecule has 0 N–H and O–H groups in total. The Kier molecular flexibility index (Phi) is 6.57. The summed E-state index contributed by atoms with van der Waals surface area (Å²) in [5.74, 6) is 0. The minimum atomic E-state index is -0.284. The van der Waals surface area contributed by atoms with E-state index < -0.39 is 0 Å². The first-order chi connectivity index (χ1) is 26.6.